The highest BCUT2D eigenvalue weighted by Gasteiger charge is 2.19. The first-order valence-corrected chi connectivity index (χ1v) is 6.54. The average molecular weight is 260 g/mol. The summed E-state index contributed by atoms with van der Waals surface area (Å²) in [5.74, 6) is 0. The van der Waals surface area contributed by atoms with E-state index in [0.29, 0.717) is 0 Å². The Morgan fingerprint density at radius 3 is 2.84 bits per heavy atom. The molecule has 0 saturated heterocycles. The molecule has 0 fully saturated rings. The maximum Gasteiger partial charge on any atom is 0.405 e. The van der Waals surface area contributed by atoms with E-state index < -0.39 is 6.09 Å². The number of nitrogens with one attached hydrogen (secondary N) is 2. The second kappa shape index (κ2) is 5.34. The number of H-pyrrole nitrogens is 1. The summed E-state index contributed by atoms with van der Waals surface area (Å²) < 4.78 is 0. The molecule has 0 saturated carbocycles. The van der Waals surface area contributed by atoms with Gasteiger partial charge in [0.15, 0.2) is 0 Å². The van der Waals surface area contributed by atoms with Gasteiger partial charge in [0.2, 0.25) is 0 Å². The standard InChI is InChI=1S/C15H20N2O2/c1-15(2,17-14(18)19)9-5-6-11-10-16-13-8-4-3-7-12(11)13/h3-4,7-8,10,16-17H,5-6,9H2,1-2H3,(H,18,19). The van der Waals surface area contributed by atoms with E-state index in [1.165, 1.54) is 10.9 Å². The summed E-state index contributed by atoms with van der Waals surface area (Å²) in [7, 11) is 0. The van der Waals surface area contributed by atoms with Crippen LogP contribution in [-0.2, 0) is 6.42 Å². The lowest BCUT2D eigenvalue weighted by atomic mass is 9.95. The van der Waals surface area contributed by atoms with Gasteiger partial charge >= 0.3 is 6.09 Å². The van der Waals surface area contributed by atoms with Crippen molar-refractivity contribution >= 4 is 17.0 Å². The van der Waals surface area contributed by atoms with Crippen LogP contribution in [0.3, 0.4) is 0 Å². The molecule has 0 aliphatic rings. The zero-order valence-electron chi connectivity index (χ0n) is 11.4. The molecule has 0 bridgehead atoms. The van der Waals surface area contributed by atoms with Crippen LogP contribution in [0.1, 0.15) is 32.3 Å². The van der Waals surface area contributed by atoms with Crippen molar-refractivity contribution < 1.29 is 9.90 Å². The Morgan fingerprint density at radius 1 is 1.37 bits per heavy atom. The fourth-order valence-corrected chi connectivity index (χ4v) is 2.41. The van der Waals surface area contributed by atoms with Crippen LogP contribution in [0, 0.1) is 0 Å². The summed E-state index contributed by atoms with van der Waals surface area (Å²) in [4.78, 5) is 13.9. The summed E-state index contributed by atoms with van der Waals surface area (Å²) in [6.45, 7) is 3.83. The highest BCUT2D eigenvalue weighted by molar-refractivity contribution is 5.82. The largest absolute Gasteiger partial charge is 0.465 e. The average Bonchev–Trinajstić information content (AvgIpc) is 2.71. The summed E-state index contributed by atoms with van der Waals surface area (Å²) in [6.07, 6.45) is 3.81. The quantitative estimate of drug-likeness (QED) is 0.770. The molecule has 102 valence electrons. The number of aromatic amines is 1. The Bertz CT molecular complexity index is 572. The van der Waals surface area contributed by atoms with Crippen molar-refractivity contribution in [2.75, 3.05) is 0 Å². The molecule has 1 heterocycles. The maximum atomic E-state index is 10.7. The molecular weight excluding hydrogens is 240 g/mol. The van der Waals surface area contributed by atoms with Crippen LogP contribution in [0.5, 0.6) is 0 Å². The molecule has 0 atom stereocenters. The van der Waals surface area contributed by atoms with Crippen LogP contribution in [0.25, 0.3) is 10.9 Å². The maximum absolute atomic E-state index is 10.7. The first-order valence-electron chi connectivity index (χ1n) is 6.54. The van der Waals surface area contributed by atoms with Gasteiger partial charge in [-0.15, -0.1) is 0 Å². The lowest BCUT2D eigenvalue weighted by Crippen LogP contribution is -2.42. The SMILES string of the molecule is CC(C)(CCCc1c[nH]c2ccccc12)NC(=O)O. The number of hydrogen-bond donors (Lipinski definition) is 3. The fraction of sp³-hybridized carbons (Fsp3) is 0.400. The van der Waals surface area contributed by atoms with Crippen LogP contribution in [0.2, 0.25) is 0 Å². The number of aromatic nitrogens is 1. The molecule has 1 aromatic carbocycles. The molecular formula is C15H20N2O2. The van der Waals surface area contributed by atoms with Gasteiger partial charge in [0.05, 0.1) is 0 Å². The van der Waals surface area contributed by atoms with E-state index in [4.69, 9.17) is 5.11 Å². The molecule has 0 radical (unpaired) electrons. The number of carboxylic acid groups (broad SMARTS) is 1. The second-order valence-electron chi connectivity index (χ2n) is 5.53. The fourth-order valence-electron chi connectivity index (χ4n) is 2.41. The number of benzene rings is 1. The highest BCUT2D eigenvalue weighted by atomic mass is 16.4. The van der Waals surface area contributed by atoms with Crippen molar-refractivity contribution in [3.05, 3.63) is 36.0 Å². The van der Waals surface area contributed by atoms with Crippen LogP contribution in [-0.4, -0.2) is 21.7 Å². The van der Waals surface area contributed by atoms with Crippen molar-refractivity contribution in [3.63, 3.8) is 0 Å². The number of aryl methyl sites for hydroxylation is 1. The van der Waals surface area contributed by atoms with Crippen molar-refractivity contribution in [2.45, 2.75) is 38.6 Å². The van der Waals surface area contributed by atoms with Crippen LogP contribution < -0.4 is 5.32 Å². The normalized spacial score (nSPS) is 11.7. The zero-order chi connectivity index (χ0) is 13.9. The van der Waals surface area contributed by atoms with Crippen LogP contribution in [0.4, 0.5) is 4.79 Å². The van der Waals surface area contributed by atoms with Crippen molar-refractivity contribution in [1.29, 1.82) is 0 Å². The van der Waals surface area contributed by atoms with E-state index >= 15 is 0 Å². The van der Waals surface area contributed by atoms with E-state index in [1.807, 2.05) is 32.2 Å². The van der Waals surface area contributed by atoms with Gasteiger partial charge in [0.25, 0.3) is 0 Å². The van der Waals surface area contributed by atoms with Gasteiger partial charge in [-0.25, -0.2) is 4.79 Å². The molecule has 1 aromatic heterocycles. The summed E-state index contributed by atoms with van der Waals surface area (Å²) in [6, 6.07) is 8.23. The second-order valence-corrected chi connectivity index (χ2v) is 5.53. The van der Waals surface area contributed by atoms with Gasteiger partial charge in [-0.1, -0.05) is 18.2 Å². The van der Waals surface area contributed by atoms with E-state index in [2.05, 4.69) is 22.4 Å². The Hall–Kier alpha value is -1.97. The Kier molecular flexibility index (Phi) is 3.79. The molecule has 4 nitrogen and oxygen atoms in total. The molecule has 0 aliphatic carbocycles. The van der Waals surface area contributed by atoms with E-state index in [-0.39, 0.29) is 5.54 Å². The van der Waals surface area contributed by atoms with Gasteiger partial charge in [-0.3, -0.25) is 0 Å². The first-order chi connectivity index (χ1) is 8.98. The third kappa shape index (κ3) is 3.50. The van der Waals surface area contributed by atoms with Gasteiger partial charge in [0, 0.05) is 22.6 Å². The van der Waals surface area contributed by atoms with E-state index in [9.17, 15) is 4.79 Å². The summed E-state index contributed by atoms with van der Waals surface area (Å²) >= 11 is 0. The lowest BCUT2D eigenvalue weighted by molar-refractivity contribution is 0.180. The van der Waals surface area contributed by atoms with E-state index in [0.717, 1.165) is 24.8 Å². The zero-order valence-corrected chi connectivity index (χ0v) is 11.4. The molecule has 1 amide bonds. The number of para-hydroxylation sites is 1. The molecule has 0 spiro atoms. The van der Waals surface area contributed by atoms with Crippen molar-refractivity contribution in [1.82, 2.24) is 10.3 Å². The van der Waals surface area contributed by atoms with Gasteiger partial charge < -0.3 is 15.4 Å². The Labute approximate surface area is 112 Å². The Balaban J connectivity index is 1.94. The monoisotopic (exact) mass is 260 g/mol. The minimum Gasteiger partial charge on any atom is -0.465 e. The molecule has 0 aliphatic heterocycles. The Morgan fingerprint density at radius 2 is 2.11 bits per heavy atom. The first kappa shape index (κ1) is 13.5. The number of amides is 1. The van der Waals surface area contributed by atoms with Gasteiger partial charge in [-0.05, 0) is 44.7 Å². The third-order valence-electron chi connectivity index (χ3n) is 3.37. The van der Waals surface area contributed by atoms with E-state index in [1.54, 1.807) is 0 Å². The molecule has 4 heteroatoms. The predicted molar refractivity (Wildman–Crippen MR) is 76.5 cm³/mol. The summed E-state index contributed by atoms with van der Waals surface area (Å²) in [5.41, 5.74) is 2.07. The molecule has 19 heavy (non-hydrogen) atoms. The third-order valence-corrected chi connectivity index (χ3v) is 3.37. The molecule has 2 rings (SSSR count). The molecule has 2 aromatic rings. The minimum absolute atomic E-state index is 0.377. The number of carbonyl (C=O) groups is 1. The van der Waals surface area contributed by atoms with Crippen LogP contribution >= 0.6 is 0 Å². The van der Waals surface area contributed by atoms with Crippen molar-refractivity contribution in [3.8, 4) is 0 Å². The van der Waals surface area contributed by atoms with Crippen molar-refractivity contribution in [2.24, 2.45) is 0 Å². The predicted octanol–water partition coefficient (Wildman–Crippen LogP) is 3.54. The smallest absolute Gasteiger partial charge is 0.405 e. The minimum atomic E-state index is -0.961. The number of hydrogen-bond acceptors (Lipinski definition) is 1. The lowest BCUT2D eigenvalue weighted by Gasteiger charge is -2.24. The van der Waals surface area contributed by atoms with Gasteiger partial charge in [0.1, 0.15) is 0 Å². The van der Waals surface area contributed by atoms with Crippen LogP contribution in [0.15, 0.2) is 30.5 Å². The molecule has 3 N–H and O–H groups in total. The number of rotatable bonds is 5. The summed E-state index contributed by atoms with van der Waals surface area (Å²) in [5, 5.41) is 12.6. The highest BCUT2D eigenvalue weighted by Crippen LogP contribution is 2.21. The topological polar surface area (TPSA) is 65.1 Å². The molecule has 0 unspecified atom stereocenters. The number of fused-ring (bicyclic) bond motifs is 1. The van der Waals surface area contributed by atoms with Gasteiger partial charge in [-0.2, -0.15) is 0 Å².